The van der Waals surface area contributed by atoms with Gasteiger partial charge in [0.05, 0.1) is 37.1 Å². The lowest BCUT2D eigenvalue weighted by Crippen LogP contribution is -2.44. The average Bonchev–Trinajstić information content (AvgIpc) is 3.67. The van der Waals surface area contributed by atoms with Crippen molar-refractivity contribution in [3.63, 3.8) is 0 Å². The second kappa shape index (κ2) is 10.0. The van der Waals surface area contributed by atoms with Gasteiger partial charge in [0.2, 0.25) is 0 Å². The molecule has 4 aliphatic carbocycles. The number of ether oxygens (including phenoxy) is 4. The summed E-state index contributed by atoms with van der Waals surface area (Å²) in [6.07, 6.45) is 8.88. The monoisotopic (exact) mass is 600 g/mol. The van der Waals surface area contributed by atoms with Crippen molar-refractivity contribution in [2.75, 3.05) is 26.4 Å². The molecular weight excluding hydrogens is 563 g/mol. The van der Waals surface area contributed by atoms with Gasteiger partial charge in [0, 0.05) is 59.1 Å². The van der Waals surface area contributed by atoms with Gasteiger partial charge in [-0.15, -0.1) is 0 Å². The first-order chi connectivity index (χ1) is 19.6. The molecule has 1 unspecified atom stereocenters. The first-order valence-electron chi connectivity index (χ1n) is 15.0. The third-order valence-corrected chi connectivity index (χ3v) is 11.1. The van der Waals surface area contributed by atoms with Crippen LogP contribution in [0.15, 0.2) is 36.4 Å². The fraction of sp³-hybridized carbons (Fsp3) is 0.606. The summed E-state index contributed by atoms with van der Waals surface area (Å²) in [5.74, 6) is -0.749. The second-order valence-corrected chi connectivity index (χ2v) is 14.0. The van der Waals surface area contributed by atoms with Crippen molar-refractivity contribution in [3.05, 3.63) is 68.7 Å². The molecule has 0 aromatic heterocycles. The van der Waals surface area contributed by atoms with Gasteiger partial charge in [-0.25, -0.2) is 0 Å². The van der Waals surface area contributed by atoms with Crippen LogP contribution < -0.4 is 0 Å². The summed E-state index contributed by atoms with van der Waals surface area (Å²) in [4.78, 5) is 12.4. The summed E-state index contributed by atoms with van der Waals surface area (Å²) in [6.45, 7) is 4.55. The van der Waals surface area contributed by atoms with Crippen LogP contribution in [0.5, 0.6) is 0 Å². The highest BCUT2D eigenvalue weighted by Crippen LogP contribution is 2.59. The lowest BCUT2D eigenvalue weighted by molar-refractivity contribution is -0.194. The van der Waals surface area contributed by atoms with E-state index in [4.69, 9.17) is 42.1 Å². The van der Waals surface area contributed by atoms with Gasteiger partial charge < -0.3 is 24.1 Å². The molecule has 2 aromatic rings. The zero-order valence-corrected chi connectivity index (χ0v) is 25.1. The van der Waals surface area contributed by atoms with Gasteiger partial charge in [0.25, 0.3) is 0 Å². The summed E-state index contributed by atoms with van der Waals surface area (Å²) in [5, 5.41) is 12.2. The van der Waals surface area contributed by atoms with E-state index in [2.05, 4.69) is 12.1 Å². The molecule has 3 atom stereocenters. The lowest BCUT2D eigenvalue weighted by Gasteiger charge is -2.44. The standard InChI is InChI=1S/C17H21ClO3.C16H17ClO3/c1-15(19)10-16(12-4-2-5-13(18)14(12)15)6-3-7-17(11-16)20-8-9-21-17;17-12-4-1-3-11-14(12)13(18)9-15(11)5-2-6-16(10-15)19-7-8-20-16/h2,4-5,19H,3,6-11H2,1H3;1,3-4H,2,5-10H2/t15?,16-;15-/m00/s1. The highest BCUT2D eigenvalue weighted by atomic mass is 35.5. The smallest absolute Gasteiger partial charge is 0.169 e. The Labute approximate surface area is 251 Å². The van der Waals surface area contributed by atoms with Crippen LogP contribution in [0.4, 0.5) is 0 Å². The Balaban J connectivity index is 0.000000135. The van der Waals surface area contributed by atoms with Crippen LogP contribution in [-0.2, 0) is 35.4 Å². The topological polar surface area (TPSA) is 74.2 Å². The molecule has 220 valence electrons. The molecule has 0 amide bonds. The summed E-state index contributed by atoms with van der Waals surface area (Å²) in [7, 11) is 0. The van der Waals surface area contributed by atoms with E-state index in [0.29, 0.717) is 49.3 Å². The van der Waals surface area contributed by atoms with Crippen molar-refractivity contribution in [1.29, 1.82) is 0 Å². The van der Waals surface area contributed by atoms with Gasteiger partial charge in [0.15, 0.2) is 17.4 Å². The number of aliphatic hydroxyl groups is 1. The molecule has 2 heterocycles. The average molecular weight is 602 g/mol. The minimum Gasteiger partial charge on any atom is -0.385 e. The van der Waals surface area contributed by atoms with Crippen LogP contribution in [0, 0.1) is 0 Å². The number of ketones is 1. The lowest BCUT2D eigenvalue weighted by atomic mass is 9.67. The molecule has 2 aliphatic heterocycles. The molecule has 0 bridgehead atoms. The number of benzene rings is 2. The fourth-order valence-corrected chi connectivity index (χ4v) is 9.78. The van der Waals surface area contributed by atoms with Crippen LogP contribution in [0.2, 0.25) is 10.0 Å². The van der Waals surface area contributed by atoms with Crippen molar-refractivity contribution < 1.29 is 28.8 Å². The largest absolute Gasteiger partial charge is 0.385 e. The minimum atomic E-state index is -0.870. The Hall–Kier alpha value is -1.51. The maximum absolute atomic E-state index is 12.4. The molecule has 8 rings (SSSR count). The van der Waals surface area contributed by atoms with E-state index >= 15 is 0 Å². The molecule has 4 spiro atoms. The highest BCUT2D eigenvalue weighted by Gasteiger charge is 2.57. The molecule has 41 heavy (non-hydrogen) atoms. The number of Topliss-reactive ketones (excluding diaryl/α,β-unsaturated/α-hetero) is 1. The van der Waals surface area contributed by atoms with Gasteiger partial charge in [-0.2, -0.15) is 0 Å². The van der Waals surface area contributed by atoms with Crippen LogP contribution >= 0.6 is 23.2 Å². The predicted octanol–water partition coefficient (Wildman–Crippen LogP) is 6.99. The zero-order valence-electron chi connectivity index (χ0n) is 23.6. The van der Waals surface area contributed by atoms with Crippen molar-refractivity contribution >= 4 is 29.0 Å². The summed E-state index contributed by atoms with van der Waals surface area (Å²) >= 11 is 12.6. The van der Waals surface area contributed by atoms with E-state index in [1.165, 1.54) is 5.56 Å². The number of hydrogen-bond acceptors (Lipinski definition) is 6. The number of rotatable bonds is 0. The van der Waals surface area contributed by atoms with Crippen molar-refractivity contribution in [2.45, 2.75) is 99.1 Å². The molecule has 2 saturated heterocycles. The Morgan fingerprint density at radius 2 is 1.24 bits per heavy atom. The van der Waals surface area contributed by atoms with Crippen LogP contribution in [0.1, 0.15) is 98.2 Å². The molecule has 6 nitrogen and oxygen atoms in total. The number of carbonyl (C=O) groups is 1. The van der Waals surface area contributed by atoms with E-state index in [9.17, 15) is 9.90 Å². The molecule has 1 N–H and O–H groups in total. The predicted molar refractivity (Wildman–Crippen MR) is 156 cm³/mol. The first-order valence-corrected chi connectivity index (χ1v) is 15.8. The van der Waals surface area contributed by atoms with Crippen molar-refractivity contribution in [2.24, 2.45) is 0 Å². The molecule has 8 heteroatoms. The van der Waals surface area contributed by atoms with Gasteiger partial charge in [-0.1, -0.05) is 47.5 Å². The molecule has 6 aliphatic rings. The number of halogens is 2. The molecular formula is C33H38Cl2O6. The normalized spacial score (nSPS) is 34.3. The molecule has 0 radical (unpaired) electrons. The van der Waals surface area contributed by atoms with Gasteiger partial charge in [0.1, 0.15) is 0 Å². The maximum atomic E-state index is 12.4. The van der Waals surface area contributed by atoms with Gasteiger partial charge in [-0.3, -0.25) is 4.79 Å². The number of carbonyl (C=O) groups excluding carboxylic acids is 1. The Morgan fingerprint density at radius 1 is 0.707 bits per heavy atom. The van der Waals surface area contributed by atoms with Crippen LogP contribution in [-0.4, -0.2) is 48.9 Å². The molecule has 2 saturated carbocycles. The summed E-state index contributed by atoms with van der Waals surface area (Å²) in [6, 6.07) is 11.8. The van der Waals surface area contributed by atoms with E-state index < -0.39 is 17.2 Å². The third-order valence-electron chi connectivity index (χ3n) is 10.4. The van der Waals surface area contributed by atoms with E-state index in [0.717, 1.165) is 68.1 Å². The number of fused-ring (bicyclic) bond motifs is 4. The highest BCUT2D eigenvalue weighted by molar-refractivity contribution is 6.34. The fourth-order valence-electron chi connectivity index (χ4n) is 9.12. The Bertz CT molecular complexity index is 1360. The maximum Gasteiger partial charge on any atom is 0.169 e. The van der Waals surface area contributed by atoms with Crippen molar-refractivity contribution in [1.82, 2.24) is 0 Å². The van der Waals surface area contributed by atoms with Crippen LogP contribution in [0.25, 0.3) is 0 Å². The first kappa shape index (κ1) is 28.3. The number of hydrogen-bond donors (Lipinski definition) is 1. The van der Waals surface area contributed by atoms with Crippen LogP contribution in [0.3, 0.4) is 0 Å². The Kier molecular flexibility index (Phi) is 6.91. The molecule has 2 aromatic carbocycles. The Morgan fingerprint density at radius 3 is 1.88 bits per heavy atom. The van der Waals surface area contributed by atoms with E-state index in [1.807, 2.05) is 25.1 Å². The summed E-state index contributed by atoms with van der Waals surface area (Å²) in [5.41, 5.74) is 2.84. The quantitative estimate of drug-likeness (QED) is 0.351. The van der Waals surface area contributed by atoms with Gasteiger partial charge in [-0.05, 0) is 62.3 Å². The van der Waals surface area contributed by atoms with Crippen molar-refractivity contribution in [3.8, 4) is 0 Å². The molecule has 4 fully saturated rings. The second-order valence-electron chi connectivity index (χ2n) is 13.2. The SMILES string of the molecule is CC1(O)C[C@]2(CCCC3(C2)OCCO3)c2cccc(Cl)c21.O=C1C[C@]2(CCCC3(C2)OCCO3)c2cccc(Cl)c21. The third kappa shape index (κ3) is 4.61. The van der Waals surface area contributed by atoms with Gasteiger partial charge >= 0.3 is 0 Å². The summed E-state index contributed by atoms with van der Waals surface area (Å²) < 4.78 is 23.7. The minimum absolute atomic E-state index is 0.0771. The van der Waals surface area contributed by atoms with E-state index in [1.54, 1.807) is 6.07 Å². The van der Waals surface area contributed by atoms with E-state index in [-0.39, 0.29) is 16.6 Å². The zero-order chi connectivity index (χ0) is 28.5.